The third-order valence-corrected chi connectivity index (χ3v) is 4.38. The SMILES string of the molecule is CCc1ccsc1C(=O)c1cc(Br)c(F)cc1OC. The van der Waals surface area contributed by atoms with Gasteiger partial charge in [0.2, 0.25) is 5.78 Å². The third-order valence-electron chi connectivity index (χ3n) is 2.82. The molecular weight excluding hydrogens is 331 g/mol. The van der Waals surface area contributed by atoms with Gasteiger partial charge in [-0.25, -0.2) is 4.39 Å². The minimum atomic E-state index is -0.449. The maximum absolute atomic E-state index is 13.5. The van der Waals surface area contributed by atoms with Crippen molar-refractivity contribution in [2.24, 2.45) is 0 Å². The zero-order valence-electron chi connectivity index (χ0n) is 10.5. The fraction of sp³-hybridized carbons (Fsp3) is 0.214. The molecule has 0 unspecified atom stereocenters. The van der Waals surface area contributed by atoms with Gasteiger partial charge in [0.1, 0.15) is 11.6 Å². The maximum atomic E-state index is 13.5. The molecule has 0 N–H and O–H groups in total. The van der Waals surface area contributed by atoms with Gasteiger partial charge in [0.05, 0.1) is 22.0 Å². The molecule has 0 atom stereocenters. The van der Waals surface area contributed by atoms with Crippen molar-refractivity contribution in [2.75, 3.05) is 7.11 Å². The average molecular weight is 343 g/mol. The quantitative estimate of drug-likeness (QED) is 0.767. The Morgan fingerprint density at radius 3 is 2.84 bits per heavy atom. The first-order valence-electron chi connectivity index (χ1n) is 5.72. The summed E-state index contributed by atoms with van der Waals surface area (Å²) in [6.07, 6.45) is 0.787. The second kappa shape index (κ2) is 5.84. The molecule has 5 heteroatoms. The molecule has 0 saturated carbocycles. The molecule has 100 valence electrons. The van der Waals surface area contributed by atoms with Crippen molar-refractivity contribution < 1.29 is 13.9 Å². The number of benzene rings is 1. The van der Waals surface area contributed by atoms with Crippen LogP contribution in [-0.2, 0) is 6.42 Å². The molecule has 1 aromatic carbocycles. The lowest BCUT2D eigenvalue weighted by atomic mass is 10.0. The van der Waals surface area contributed by atoms with Gasteiger partial charge in [-0.3, -0.25) is 4.79 Å². The van der Waals surface area contributed by atoms with Gasteiger partial charge in [0.15, 0.2) is 0 Å². The van der Waals surface area contributed by atoms with Crippen molar-refractivity contribution in [3.05, 3.63) is 49.9 Å². The largest absolute Gasteiger partial charge is 0.496 e. The van der Waals surface area contributed by atoms with Crippen LogP contribution in [0.5, 0.6) is 5.75 Å². The highest BCUT2D eigenvalue weighted by atomic mass is 79.9. The van der Waals surface area contributed by atoms with E-state index >= 15 is 0 Å². The number of carbonyl (C=O) groups excluding carboxylic acids is 1. The first-order chi connectivity index (χ1) is 9.08. The number of thiophene rings is 1. The summed E-state index contributed by atoms with van der Waals surface area (Å²) in [5, 5.41) is 1.89. The highest BCUT2D eigenvalue weighted by Crippen LogP contribution is 2.30. The Hall–Kier alpha value is -1.20. The van der Waals surface area contributed by atoms with Crippen LogP contribution in [0, 0.1) is 5.82 Å². The van der Waals surface area contributed by atoms with Crippen LogP contribution in [-0.4, -0.2) is 12.9 Å². The molecule has 0 amide bonds. The number of rotatable bonds is 4. The van der Waals surface area contributed by atoms with Gasteiger partial charge in [-0.2, -0.15) is 0 Å². The molecule has 1 heterocycles. The van der Waals surface area contributed by atoms with Crippen molar-refractivity contribution in [3.8, 4) is 5.75 Å². The predicted molar refractivity (Wildman–Crippen MR) is 77.8 cm³/mol. The first-order valence-corrected chi connectivity index (χ1v) is 7.39. The van der Waals surface area contributed by atoms with Gasteiger partial charge in [-0.15, -0.1) is 11.3 Å². The monoisotopic (exact) mass is 342 g/mol. The molecule has 19 heavy (non-hydrogen) atoms. The van der Waals surface area contributed by atoms with Crippen molar-refractivity contribution in [2.45, 2.75) is 13.3 Å². The summed E-state index contributed by atoms with van der Waals surface area (Å²) >= 11 is 4.49. The van der Waals surface area contributed by atoms with Crippen LogP contribution < -0.4 is 4.74 Å². The second-order valence-electron chi connectivity index (χ2n) is 3.92. The highest BCUT2D eigenvalue weighted by Gasteiger charge is 2.20. The number of carbonyl (C=O) groups is 1. The number of hydrogen-bond acceptors (Lipinski definition) is 3. The minimum Gasteiger partial charge on any atom is -0.496 e. The third kappa shape index (κ3) is 2.72. The number of halogens is 2. The van der Waals surface area contributed by atoms with E-state index in [1.54, 1.807) is 0 Å². The Balaban J connectivity index is 2.52. The van der Waals surface area contributed by atoms with E-state index in [9.17, 15) is 9.18 Å². The van der Waals surface area contributed by atoms with E-state index in [1.165, 1.54) is 30.6 Å². The van der Waals surface area contributed by atoms with Gasteiger partial charge in [-0.1, -0.05) is 6.92 Å². The lowest BCUT2D eigenvalue weighted by molar-refractivity contribution is 0.103. The fourth-order valence-corrected chi connectivity index (χ4v) is 3.10. The summed E-state index contributed by atoms with van der Waals surface area (Å²) in [6.45, 7) is 2.00. The molecule has 0 saturated heterocycles. The zero-order valence-corrected chi connectivity index (χ0v) is 12.9. The number of ether oxygens (including phenoxy) is 1. The van der Waals surface area contributed by atoms with Gasteiger partial charge in [0, 0.05) is 6.07 Å². The normalized spacial score (nSPS) is 10.5. The minimum absolute atomic E-state index is 0.135. The Bertz CT molecular complexity index is 622. The summed E-state index contributed by atoms with van der Waals surface area (Å²) in [7, 11) is 1.43. The topological polar surface area (TPSA) is 26.3 Å². The van der Waals surface area contributed by atoms with Crippen LogP contribution >= 0.6 is 27.3 Å². The molecule has 0 radical (unpaired) electrons. The molecule has 2 rings (SSSR count). The van der Waals surface area contributed by atoms with E-state index in [-0.39, 0.29) is 16.0 Å². The second-order valence-corrected chi connectivity index (χ2v) is 5.69. The molecule has 1 aromatic heterocycles. The lowest BCUT2D eigenvalue weighted by Crippen LogP contribution is -2.05. The summed E-state index contributed by atoms with van der Waals surface area (Å²) in [5.41, 5.74) is 1.37. The van der Waals surface area contributed by atoms with Crippen LogP contribution in [0.1, 0.15) is 27.7 Å². The van der Waals surface area contributed by atoms with E-state index in [1.807, 2.05) is 18.4 Å². The van der Waals surface area contributed by atoms with E-state index in [4.69, 9.17) is 4.74 Å². The van der Waals surface area contributed by atoms with Gasteiger partial charge < -0.3 is 4.74 Å². The van der Waals surface area contributed by atoms with E-state index in [2.05, 4.69) is 15.9 Å². The molecule has 2 aromatic rings. The lowest BCUT2D eigenvalue weighted by Gasteiger charge is -2.09. The molecular formula is C14H12BrFO2S. The predicted octanol–water partition coefficient (Wildman–Crippen LogP) is 4.45. The average Bonchev–Trinajstić information content (AvgIpc) is 2.88. The van der Waals surface area contributed by atoms with Gasteiger partial charge in [0.25, 0.3) is 0 Å². The highest BCUT2D eigenvalue weighted by molar-refractivity contribution is 9.10. The summed E-state index contributed by atoms with van der Waals surface area (Å²) in [5.74, 6) is -0.333. The Labute approximate surface area is 123 Å². The number of aryl methyl sites for hydroxylation is 1. The Kier molecular flexibility index (Phi) is 4.37. The van der Waals surface area contributed by atoms with Crippen molar-refractivity contribution in [1.82, 2.24) is 0 Å². The van der Waals surface area contributed by atoms with Crippen molar-refractivity contribution >= 4 is 33.0 Å². The van der Waals surface area contributed by atoms with E-state index in [0.29, 0.717) is 10.4 Å². The van der Waals surface area contributed by atoms with E-state index < -0.39 is 5.82 Å². The Morgan fingerprint density at radius 1 is 1.47 bits per heavy atom. The van der Waals surface area contributed by atoms with Crippen LogP contribution in [0.15, 0.2) is 28.1 Å². The van der Waals surface area contributed by atoms with Crippen LogP contribution in [0.25, 0.3) is 0 Å². The smallest absolute Gasteiger partial charge is 0.206 e. The maximum Gasteiger partial charge on any atom is 0.206 e. The Morgan fingerprint density at radius 2 is 2.21 bits per heavy atom. The van der Waals surface area contributed by atoms with Gasteiger partial charge >= 0.3 is 0 Å². The molecule has 0 spiro atoms. The fourth-order valence-electron chi connectivity index (χ4n) is 1.81. The standard InChI is InChI=1S/C14H12BrFO2S/c1-3-8-4-5-19-14(8)13(17)9-6-10(15)11(16)7-12(9)18-2/h4-7H,3H2,1-2H3. The zero-order chi connectivity index (χ0) is 14.0. The molecule has 0 bridgehead atoms. The summed E-state index contributed by atoms with van der Waals surface area (Å²) in [6, 6.07) is 4.62. The van der Waals surface area contributed by atoms with E-state index in [0.717, 1.165) is 12.0 Å². The van der Waals surface area contributed by atoms with Crippen molar-refractivity contribution in [3.63, 3.8) is 0 Å². The van der Waals surface area contributed by atoms with Crippen LogP contribution in [0.4, 0.5) is 4.39 Å². The number of ketones is 1. The molecule has 2 nitrogen and oxygen atoms in total. The first kappa shape index (κ1) is 14.2. The molecule has 0 aliphatic rings. The molecule has 0 aliphatic carbocycles. The van der Waals surface area contributed by atoms with Crippen LogP contribution in [0.2, 0.25) is 0 Å². The summed E-state index contributed by atoms with van der Waals surface area (Å²) in [4.78, 5) is 13.2. The van der Waals surface area contributed by atoms with Crippen molar-refractivity contribution in [1.29, 1.82) is 0 Å². The van der Waals surface area contributed by atoms with Crippen LogP contribution in [0.3, 0.4) is 0 Å². The molecule has 0 fully saturated rings. The number of methoxy groups -OCH3 is 1. The number of hydrogen-bond donors (Lipinski definition) is 0. The summed E-state index contributed by atoms with van der Waals surface area (Å²) < 4.78 is 18.8. The van der Waals surface area contributed by atoms with Gasteiger partial charge in [-0.05, 0) is 45.4 Å². The molecule has 0 aliphatic heterocycles.